The zero-order valence-electron chi connectivity index (χ0n) is 14.6. The highest BCUT2D eigenvalue weighted by atomic mass is 16.1. The van der Waals surface area contributed by atoms with Gasteiger partial charge in [0.25, 0.3) is 0 Å². The van der Waals surface area contributed by atoms with Crippen molar-refractivity contribution in [2.45, 2.75) is 47.1 Å². The molecule has 5 nitrogen and oxygen atoms in total. The third-order valence-electron chi connectivity index (χ3n) is 3.52. The minimum absolute atomic E-state index is 0.0205. The Morgan fingerprint density at radius 2 is 1.96 bits per heavy atom. The smallest absolute Gasteiger partial charge is 0.220 e. The second-order valence-corrected chi connectivity index (χ2v) is 7.09. The summed E-state index contributed by atoms with van der Waals surface area (Å²) in [6, 6.07) is 8.15. The molecule has 2 rings (SSSR count). The van der Waals surface area contributed by atoms with E-state index < -0.39 is 0 Å². The monoisotopic (exact) mass is 316 g/mol. The van der Waals surface area contributed by atoms with Gasteiger partial charge in [-0.05, 0) is 24.0 Å². The number of hydrogen-bond acceptors (Lipinski definition) is 3. The van der Waals surface area contributed by atoms with Crippen LogP contribution in [0.3, 0.4) is 0 Å². The lowest BCUT2D eigenvalue weighted by Gasteiger charge is -2.17. The van der Waals surface area contributed by atoms with Crippen molar-refractivity contribution in [3.63, 3.8) is 0 Å². The van der Waals surface area contributed by atoms with Crippen LogP contribution in [0.25, 0.3) is 11.0 Å². The number of carbonyl (C=O) groups is 1. The number of rotatable bonds is 7. The van der Waals surface area contributed by atoms with Crippen molar-refractivity contribution in [3.8, 4) is 0 Å². The van der Waals surface area contributed by atoms with Crippen LogP contribution in [0, 0.1) is 5.41 Å². The van der Waals surface area contributed by atoms with Crippen LogP contribution in [0.5, 0.6) is 0 Å². The van der Waals surface area contributed by atoms with Crippen molar-refractivity contribution in [1.29, 1.82) is 0 Å². The predicted molar refractivity (Wildman–Crippen MR) is 95.6 cm³/mol. The Bertz CT molecular complexity index is 655. The average molecular weight is 316 g/mol. The van der Waals surface area contributed by atoms with Crippen LogP contribution >= 0.6 is 0 Å². The molecule has 2 N–H and O–H groups in total. The molecular weight excluding hydrogens is 288 g/mol. The number of amides is 1. The highest BCUT2D eigenvalue weighted by Crippen LogP contribution is 2.20. The summed E-state index contributed by atoms with van der Waals surface area (Å²) in [5.41, 5.74) is 2.17. The van der Waals surface area contributed by atoms with E-state index in [0.717, 1.165) is 29.9 Å². The second-order valence-electron chi connectivity index (χ2n) is 7.09. The zero-order chi connectivity index (χ0) is 16.9. The number of nitrogens with one attached hydrogen (secondary N) is 2. The van der Waals surface area contributed by atoms with Gasteiger partial charge in [0.1, 0.15) is 0 Å². The summed E-state index contributed by atoms with van der Waals surface area (Å²) in [7, 11) is 0. The van der Waals surface area contributed by atoms with Crippen molar-refractivity contribution in [2.24, 2.45) is 5.41 Å². The van der Waals surface area contributed by atoms with E-state index in [9.17, 15) is 4.79 Å². The summed E-state index contributed by atoms with van der Waals surface area (Å²) in [5.74, 6) is 0.972. The normalized spacial score (nSPS) is 11.7. The summed E-state index contributed by atoms with van der Waals surface area (Å²) < 4.78 is 2.20. The van der Waals surface area contributed by atoms with Gasteiger partial charge in [0.2, 0.25) is 11.9 Å². The van der Waals surface area contributed by atoms with Gasteiger partial charge in [0.15, 0.2) is 0 Å². The lowest BCUT2D eigenvalue weighted by molar-refractivity contribution is -0.122. The third kappa shape index (κ3) is 4.98. The number of aryl methyl sites for hydroxylation is 1. The van der Waals surface area contributed by atoms with Crippen molar-refractivity contribution in [2.75, 3.05) is 18.4 Å². The van der Waals surface area contributed by atoms with E-state index >= 15 is 0 Å². The van der Waals surface area contributed by atoms with Crippen LogP contribution in [0.1, 0.15) is 40.5 Å². The molecule has 0 aliphatic rings. The molecule has 0 atom stereocenters. The number of para-hydroxylation sites is 2. The van der Waals surface area contributed by atoms with Crippen molar-refractivity contribution >= 4 is 22.9 Å². The Morgan fingerprint density at radius 1 is 1.22 bits per heavy atom. The number of hydrogen-bond donors (Lipinski definition) is 2. The molecule has 0 spiro atoms. The van der Waals surface area contributed by atoms with Gasteiger partial charge < -0.3 is 15.2 Å². The molecule has 0 unspecified atom stereocenters. The molecule has 0 fully saturated rings. The van der Waals surface area contributed by atoms with Crippen molar-refractivity contribution in [1.82, 2.24) is 14.9 Å². The number of anilines is 1. The fourth-order valence-electron chi connectivity index (χ4n) is 2.58. The minimum atomic E-state index is 0.0205. The quantitative estimate of drug-likeness (QED) is 0.770. The molecule has 0 saturated heterocycles. The maximum atomic E-state index is 11.8. The van der Waals surface area contributed by atoms with E-state index in [0.29, 0.717) is 19.5 Å². The number of benzene rings is 1. The third-order valence-corrected chi connectivity index (χ3v) is 3.52. The molecule has 1 heterocycles. The van der Waals surface area contributed by atoms with Gasteiger partial charge >= 0.3 is 0 Å². The molecule has 0 aliphatic heterocycles. The molecule has 126 valence electrons. The molecule has 1 aromatic heterocycles. The molecular formula is C18H28N4O. The standard InChI is InChI=1S/C18H28N4O/c1-5-12-22-15-9-7-6-8-14(15)21-17(22)20-11-10-19-16(23)13-18(2,3)4/h6-9H,5,10-13H2,1-4H3,(H,19,23)(H,20,21). The summed E-state index contributed by atoms with van der Waals surface area (Å²) in [5, 5.41) is 6.30. The number of aromatic nitrogens is 2. The molecule has 1 aromatic carbocycles. The van der Waals surface area contributed by atoms with Crippen molar-refractivity contribution < 1.29 is 4.79 Å². The molecule has 23 heavy (non-hydrogen) atoms. The van der Waals surface area contributed by atoms with Crippen LogP contribution in [-0.2, 0) is 11.3 Å². The maximum Gasteiger partial charge on any atom is 0.220 e. The minimum Gasteiger partial charge on any atom is -0.354 e. The van der Waals surface area contributed by atoms with Gasteiger partial charge in [0, 0.05) is 26.1 Å². The van der Waals surface area contributed by atoms with Gasteiger partial charge in [-0.3, -0.25) is 4.79 Å². The second kappa shape index (κ2) is 7.49. The van der Waals surface area contributed by atoms with E-state index in [2.05, 4.69) is 53.9 Å². The summed E-state index contributed by atoms with van der Waals surface area (Å²) in [4.78, 5) is 16.5. The largest absolute Gasteiger partial charge is 0.354 e. The van der Waals surface area contributed by atoms with Crippen LogP contribution in [0.15, 0.2) is 24.3 Å². The summed E-state index contributed by atoms with van der Waals surface area (Å²) in [6.07, 6.45) is 1.60. The first-order chi connectivity index (χ1) is 10.9. The molecule has 2 aromatic rings. The molecule has 1 amide bonds. The molecule has 0 saturated carbocycles. The van der Waals surface area contributed by atoms with Gasteiger partial charge in [-0.1, -0.05) is 39.8 Å². The number of carbonyl (C=O) groups excluding carboxylic acids is 1. The Labute approximate surface area is 138 Å². The van der Waals surface area contributed by atoms with E-state index in [1.54, 1.807) is 0 Å². The van der Waals surface area contributed by atoms with Crippen LogP contribution < -0.4 is 10.6 Å². The Hall–Kier alpha value is -2.04. The molecule has 0 radical (unpaired) electrons. The lowest BCUT2D eigenvalue weighted by Crippen LogP contribution is -2.31. The van der Waals surface area contributed by atoms with Gasteiger partial charge in [0.05, 0.1) is 11.0 Å². The SMILES string of the molecule is CCCn1c(NCCNC(=O)CC(C)(C)C)nc2ccccc21. The average Bonchev–Trinajstić information content (AvgIpc) is 2.80. The van der Waals surface area contributed by atoms with E-state index in [1.165, 1.54) is 0 Å². The lowest BCUT2D eigenvalue weighted by atomic mass is 9.92. The van der Waals surface area contributed by atoms with Crippen molar-refractivity contribution in [3.05, 3.63) is 24.3 Å². The fraction of sp³-hybridized carbons (Fsp3) is 0.556. The first kappa shape index (κ1) is 17.3. The molecule has 0 aliphatic carbocycles. The van der Waals surface area contributed by atoms with E-state index in [1.807, 2.05) is 18.2 Å². The highest BCUT2D eigenvalue weighted by Gasteiger charge is 2.15. The van der Waals surface area contributed by atoms with E-state index in [4.69, 9.17) is 0 Å². The predicted octanol–water partition coefficient (Wildman–Crippen LogP) is 3.41. The van der Waals surface area contributed by atoms with Gasteiger partial charge in [-0.25, -0.2) is 4.98 Å². The number of imidazole rings is 1. The van der Waals surface area contributed by atoms with Gasteiger partial charge in [-0.2, -0.15) is 0 Å². The number of nitrogens with zero attached hydrogens (tertiary/aromatic N) is 2. The Kier molecular flexibility index (Phi) is 5.64. The van der Waals surface area contributed by atoms with Crippen LogP contribution in [0.4, 0.5) is 5.95 Å². The fourth-order valence-corrected chi connectivity index (χ4v) is 2.58. The Morgan fingerprint density at radius 3 is 2.65 bits per heavy atom. The topological polar surface area (TPSA) is 59.0 Å². The Balaban J connectivity index is 1.92. The number of fused-ring (bicyclic) bond motifs is 1. The highest BCUT2D eigenvalue weighted by molar-refractivity contribution is 5.78. The first-order valence-corrected chi connectivity index (χ1v) is 8.36. The van der Waals surface area contributed by atoms with E-state index in [-0.39, 0.29) is 11.3 Å². The molecule has 5 heteroatoms. The van der Waals surface area contributed by atoms with Gasteiger partial charge in [-0.15, -0.1) is 0 Å². The van der Waals surface area contributed by atoms with Crippen LogP contribution in [-0.4, -0.2) is 28.5 Å². The maximum absolute atomic E-state index is 11.8. The summed E-state index contributed by atoms with van der Waals surface area (Å²) >= 11 is 0. The zero-order valence-corrected chi connectivity index (χ0v) is 14.6. The first-order valence-electron chi connectivity index (χ1n) is 8.36. The van der Waals surface area contributed by atoms with Crippen LogP contribution in [0.2, 0.25) is 0 Å². The molecule has 0 bridgehead atoms. The summed E-state index contributed by atoms with van der Waals surface area (Å²) in [6.45, 7) is 10.6.